The van der Waals surface area contributed by atoms with Crippen LogP contribution >= 0.6 is 0 Å². The number of methoxy groups -OCH3 is 1. The van der Waals surface area contributed by atoms with Gasteiger partial charge >= 0.3 is 63.7 Å². The van der Waals surface area contributed by atoms with Crippen molar-refractivity contribution in [2.75, 3.05) is 7.11 Å². The Balaban J connectivity index is 0.00000704. The van der Waals surface area contributed by atoms with Crippen molar-refractivity contribution >= 4 is 20.0 Å². The Kier molecular flexibility index (Phi) is 14.1. The molecule has 310 valence electrons. The van der Waals surface area contributed by atoms with Crippen LogP contribution in [0.5, 0.6) is 40.2 Å². The SMILES string of the molecule is C#Cc1ccc(C)cc1Oc1ccc(Oc2ccc(S(=O)(=O)c3ccc(Oc4ccc(C(c5ccc(OC)cc5)(C(F)(F)F)C(F)(F)F)cc4)cc3)cc2)c(S(=O)(=O)[O-])c1.[K+]. The van der Waals surface area contributed by atoms with Crippen molar-refractivity contribution in [2.45, 2.75) is 39.4 Å². The summed E-state index contributed by atoms with van der Waals surface area (Å²) >= 11 is 0. The second kappa shape index (κ2) is 18.2. The fourth-order valence-corrected chi connectivity index (χ4v) is 8.04. The van der Waals surface area contributed by atoms with Gasteiger partial charge in [0, 0.05) is 6.07 Å². The summed E-state index contributed by atoms with van der Waals surface area (Å²) in [5.74, 6) is 2.22. The third kappa shape index (κ3) is 9.95. The van der Waals surface area contributed by atoms with E-state index in [1.807, 2.05) is 0 Å². The zero-order valence-electron chi connectivity index (χ0n) is 32.0. The molecule has 0 aliphatic heterocycles. The van der Waals surface area contributed by atoms with Crippen molar-refractivity contribution in [3.05, 3.63) is 156 Å². The van der Waals surface area contributed by atoms with Crippen molar-refractivity contribution in [3.63, 3.8) is 0 Å². The van der Waals surface area contributed by atoms with Crippen LogP contribution in [0.15, 0.2) is 148 Å². The summed E-state index contributed by atoms with van der Waals surface area (Å²) in [6.07, 6.45) is -6.08. The molecule has 6 aromatic rings. The number of rotatable bonds is 12. The van der Waals surface area contributed by atoms with Crippen molar-refractivity contribution in [3.8, 4) is 52.6 Å². The van der Waals surface area contributed by atoms with E-state index in [1.165, 1.54) is 67.8 Å². The van der Waals surface area contributed by atoms with Crippen LogP contribution in [0, 0.1) is 19.3 Å². The van der Waals surface area contributed by atoms with Gasteiger partial charge in [0.05, 0.1) is 22.5 Å². The van der Waals surface area contributed by atoms with Crippen LogP contribution in [0.3, 0.4) is 0 Å². The van der Waals surface area contributed by atoms with Crippen LogP contribution in [0.25, 0.3) is 0 Å². The first-order valence-electron chi connectivity index (χ1n) is 17.2. The zero-order chi connectivity index (χ0) is 43.7. The molecule has 6 aromatic carbocycles. The van der Waals surface area contributed by atoms with Gasteiger partial charge in [-0.25, -0.2) is 16.8 Å². The Labute approximate surface area is 389 Å². The number of aryl methyl sites for hydroxylation is 1. The van der Waals surface area contributed by atoms with Crippen molar-refractivity contribution < 1.29 is 118 Å². The molecule has 6 rings (SSSR count). The van der Waals surface area contributed by atoms with Crippen molar-refractivity contribution in [1.29, 1.82) is 0 Å². The maximum Gasteiger partial charge on any atom is 1.00 e. The molecule has 0 aromatic heterocycles. The molecule has 0 saturated heterocycles. The summed E-state index contributed by atoms with van der Waals surface area (Å²) in [5.41, 5.74) is -5.38. The normalized spacial score (nSPS) is 12.1. The molecule has 0 fully saturated rings. The van der Waals surface area contributed by atoms with E-state index in [0.29, 0.717) is 29.8 Å². The van der Waals surface area contributed by atoms with E-state index in [0.717, 1.165) is 35.9 Å². The molecule has 0 saturated carbocycles. The third-order valence-electron chi connectivity index (χ3n) is 9.10. The standard InChI is InChI=1S/C43H30F6O9S2.K/c1-4-28-6-5-27(2)25-39(28)58-35-19-24-38(40(26-35)60(52,53)54)57-34-17-22-37(23-18-34)59(50,51)36-20-15-33(16-21-36)56-32-13-9-30(10-14-32)41(42(44,45)46,43(47,48)49)29-7-11-31(55-3)12-8-29;/h1,5-26H,2-3H3,(H,52,53,54);/q;+1/p-1. The van der Waals surface area contributed by atoms with E-state index in [-0.39, 0.29) is 101 Å². The Hall–Kier alpha value is -4.84. The van der Waals surface area contributed by atoms with Gasteiger partial charge in [0.25, 0.3) is 0 Å². The largest absolute Gasteiger partial charge is 1.00 e. The third-order valence-corrected chi connectivity index (χ3v) is 11.7. The fourth-order valence-electron chi connectivity index (χ4n) is 6.16. The quantitative estimate of drug-likeness (QED) is 0.0531. The molecule has 0 radical (unpaired) electrons. The van der Waals surface area contributed by atoms with Gasteiger partial charge in [0.1, 0.15) is 55.3 Å². The first-order valence-corrected chi connectivity index (χ1v) is 20.1. The van der Waals surface area contributed by atoms with Gasteiger partial charge in [-0.1, -0.05) is 36.3 Å². The number of terminal acetylenes is 1. The summed E-state index contributed by atoms with van der Waals surface area (Å²) in [7, 11) is -8.07. The molecule has 0 unspecified atom stereocenters. The second-order valence-corrected chi connectivity index (χ2v) is 16.3. The number of alkyl halides is 6. The zero-order valence-corrected chi connectivity index (χ0v) is 36.8. The minimum absolute atomic E-state index is 0. The Morgan fingerprint density at radius 3 is 1.43 bits per heavy atom. The molecule has 0 atom stereocenters. The molecule has 0 bridgehead atoms. The number of hydrogen-bond acceptors (Lipinski definition) is 9. The van der Waals surface area contributed by atoms with Gasteiger partial charge < -0.3 is 23.5 Å². The minimum atomic E-state index is -5.81. The molecular formula is C43H29F6KO9S2. The molecule has 61 heavy (non-hydrogen) atoms. The van der Waals surface area contributed by atoms with Crippen LogP contribution in [0.4, 0.5) is 26.3 Å². The first kappa shape index (κ1) is 47.2. The summed E-state index contributed by atoms with van der Waals surface area (Å²) in [5, 5.41) is 0. The Bertz CT molecular complexity index is 2770. The summed E-state index contributed by atoms with van der Waals surface area (Å²) in [6, 6.07) is 24.7. The van der Waals surface area contributed by atoms with Gasteiger partial charge in [-0.3, -0.25) is 0 Å². The molecule has 0 aliphatic carbocycles. The molecule has 0 N–H and O–H groups in total. The molecule has 18 heteroatoms. The fraction of sp³-hybridized carbons (Fsp3) is 0.116. The van der Waals surface area contributed by atoms with Gasteiger partial charge in [-0.15, -0.1) is 6.42 Å². The number of benzene rings is 6. The van der Waals surface area contributed by atoms with E-state index < -0.39 is 53.7 Å². The molecule has 0 heterocycles. The summed E-state index contributed by atoms with van der Waals surface area (Å²) in [6.45, 7) is 1.79. The number of sulfone groups is 1. The average molecular weight is 907 g/mol. The summed E-state index contributed by atoms with van der Waals surface area (Å²) in [4.78, 5) is -1.18. The topological polar surface area (TPSA) is 128 Å². The maximum absolute atomic E-state index is 14.5. The molecular weight excluding hydrogens is 878 g/mol. The second-order valence-electron chi connectivity index (χ2n) is 13.0. The van der Waals surface area contributed by atoms with Crippen LogP contribution in [0.1, 0.15) is 22.3 Å². The minimum Gasteiger partial charge on any atom is -0.744 e. The number of halogens is 6. The molecule has 9 nitrogen and oxygen atoms in total. The monoisotopic (exact) mass is 906 g/mol. The molecule has 0 spiro atoms. The van der Waals surface area contributed by atoms with Crippen LogP contribution in [0.2, 0.25) is 0 Å². The van der Waals surface area contributed by atoms with E-state index in [1.54, 1.807) is 25.1 Å². The maximum atomic E-state index is 14.5. The predicted octanol–water partition coefficient (Wildman–Crippen LogP) is 7.51. The van der Waals surface area contributed by atoms with Crippen LogP contribution < -0.4 is 70.3 Å². The van der Waals surface area contributed by atoms with Crippen molar-refractivity contribution in [2.24, 2.45) is 0 Å². The van der Waals surface area contributed by atoms with E-state index in [9.17, 15) is 47.7 Å². The van der Waals surface area contributed by atoms with Gasteiger partial charge in [-0.05, 0) is 121 Å². The van der Waals surface area contributed by atoms with Crippen molar-refractivity contribution in [1.82, 2.24) is 0 Å². The smallest absolute Gasteiger partial charge is 0.744 e. The van der Waals surface area contributed by atoms with Gasteiger partial charge in [0.15, 0.2) is 0 Å². The first-order chi connectivity index (χ1) is 28.2. The van der Waals surface area contributed by atoms with E-state index in [2.05, 4.69) is 5.92 Å². The van der Waals surface area contributed by atoms with Gasteiger partial charge in [0.2, 0.25) is 15.3 Å². The van der Waals surface area contributed by atoms with E-state index in [4.69, 9.17) is 25.4 Å². The summed E-state index contributed by atoms with van der Waals surface area (Å²) < 4.78 is 172. The van der Waals surface area contributed by atoms with E-state index >= 15 is 0 Å². The molecule has 0 amide bonds. The van der Waals surface area contributed by atoms with Crippen LogP contribution in [-0.4, -0.2) is 40.9 Å². The number of hydrogen-bond donors (Lipinski definition) is 0. The molecule has 0 aliphatic rings. The average Bonchev–Trinajstić information content (AvgIpc) is 3.19. The van der Waals surface area contributed by atoms with Crippen LogP contribution in [-0.2, 0) is 25.4 Å². The van der Waals surface area contributed by atoms with Gasteiger partial charge in [-0.2, -0.15) is 26.3 Å². The predicted molar refractivity (Wildman–Crippen MR) is 204 cm³/mol. The Morgan fingerprint density at radius 1 is 0.557 bits per heavy atom. The Morgan fingerprint density at radius 2 is 0.984 bits per heavy atom. The number of ether oxygens (including phenoxy) is 4.